The zero-order valence-electron chi connectivity index (χ0n) is 19.1. The van der Waals surface area contributed by atoms with E-state index in [1.54, 1.807) is 18.2 Å². The predicted molar refractivity (Wildman–Crippen MR) is 139 cm³/mol. The molecule has 1 atom stereocenters. The molecule has 1 heterocycles. The van der Waals surface area contributed by atoms with E-state index in [9.17, 15) is 9.59 Å². The Labute approximate surface area is 204 Å². The highest BCUT2D eigenvalue weighted by atomic mass is 32.1. The number of nitrogens with one attached hydrogen (secondary N) is 2. The Morgan fingerprint density at radius 3 is 2.32 bits per heavy atom. The van der Waals surface area contributed by atoms with E-state index < -0.39 is 0 Å². The molecule has 2 N–H and O–H groups in total. The lowest BCUT2D eigenvalue weighted by molar-refractivity contribution is -0.118. The van der Waals surface area contributed by atoms with Gasteiger partial charge in [-0.15, -0.1) is 11.3 Å². The summed E-state index contributed by atoms with van der Waals surface area (Å²) >= 11 is 1.50. The molecule has 0 aliphatic rings. The second-order valence-corrected chi connectivity index (χ2v) is 9.05. The third kappa shape index (κ3) is 5.69. The molecule has 0 fully saturated rings. The molecule has 2 amide bonds. The van der Waals surface area contributed by atoms with Gasteiger partial charge in [0.25, 0.3) is 11.8 Å². The molecule has 170 valence electrons. The van der Waals surface area contributed by atoms with Crippen LogP contribution in [0.1, 0.15) is 43.5 Å². The van der Waals surface area contributed by atoms with Crippen molar-refractivity contribution in [3.63, 3.8) is 0 Å². The Hall–Kier alpha value is -3.96. The highest BCUT2D eigenvalue weighted by Gasteiger charge is 2.22. The molecule has 4 aromatic rings. The lowest BCUT2D eigenvalue weighted by Gasteiger charge is -2.22. The fraction of sp³-hybridized carbons (Fsp3) is 0.103. The molecule has 0 radical (unpaired) electrons. The van der Waals surface area contributed by atoms with Crippen molar-refractivity contribution < 1.29 is 9.59 Å². The minimum absolute atomic E-state index is 0.198. The van der Waals surface area contributed by atoms with Crippen molar-refractivity contribution in [2.24, 2.45) is 0 Å². The van der Waals surface area contributed by atoms with Crippen LogP contribution in [-0.2, 0) is 4.79 Å². The van der Waals surface area contributed by atoms with Crippen LogP contribution in [0.3, 0.4) is 0 Å². The normalized spacial score (nSPS) is 12.1. The maximum atomic E-state index is 13.6. The van der Waals surface area contributed by atoms with Crippen molar-refractivity contribution in [1.29, 1.82) is 0 Å². The molecule has 0 saturated heterocycles. The van der Waals surface area contributed by atoms with Crippen LogP contribution in [0.4, 0.5) is 0 Å². The minimum atomic E-state index is -0.363. The van der Waals surface area contributed by atoms with E-state index in [-0.39, 0.29) is 23.6 Å². The largest absolute Gasteiger partial charge is 0.340 e. The number of amides is 2. The Kier molecular flexibility index (Phi) is 7.35. The van der Waals surface area contributed by atoms with Crippen LogP contribution in [0.5, 0.6) is 0 Å². The van der Waals surface area contributed by atoms with Gasteiger partial charge >= 0.3 is 0 Å². The molecule has 0 bridgehead atoms. The predicted octanol–water partition coefficient (Wildman–Crippen LogP) is 6.04. The summed E-state index contributed by atoms with van der Waals surface area (Å²) in [6.07, 6.45) is 1.72. The molecule has 3 aromatic carbocycles. The molecule has 0 saturated carbocycles. The quantitative estimate of drug-likeness (QED) is 0.326. The van der Waals surface area contributed by atoms with Crippen molar-refractivity contribution in [1.82, 2.24) is 10.6 Å². The topological polar surface area (TPSA) is 58.2 Å². The van der Waals surface area contributed by atoms with Gasteiger partial charge in [0.2, 0.25) is 0 Å². The van der Waals surface area contributed by atoms with Gasteiger partial charge in [0.1, 0.15) is 5.70 Å². The van der Waals surface area contributed by atoms with E-state index in [4.69, 9.17) is 0 Å². The second kappa shape index (κ2) is 10.8. The molecule has 0 unspecified atom stereocenters. The van der Waals surface area contributed by atoms with Crippen LogP contribution < -0.4 is 10.6 Å². The molecule has 0 spiro atoms. The van der Waals surface area contributed by atoms with E-state index in [0.29, 0.717) is 5.56 Å². The average Bonchev–Trinajstić information content (AvgIpc) is 3.36. The van der Waals surface area contributed by atoms with Crippen molar-refractivity contribution in [3.05, 3.63) is 135 Å². The van der Waals surface area contributed by atoms with Gasteiger partial charge in [-0.3, -0.25) is 9.59 Å². The summed E-state index contributed by atoms with van der Waals surface area (Å²) in [5.74, 6) is -0.680. The molecule has 1 aromatic heterocycles. The van der Waals surface area contributed by atoms with E-state index in [2.05, 4.69) is 10.6 Å². The molecule has 0 aliphatic heterocycles. The Morgan fingerprint density at radius 2 is 1.62 bits per heavy atom. The Morgan fingerprint density at radius 1 is 0.853 bits per heavy atom. The van der Waals surface area contributed by atoms with Gasteiger partial charge in [-0.2, -0.15) is 0 Å². The number of hydrogen-bond acceptors (Lipinski definition) is 3. The zero-order chi connectivity index (χ0) is 23.9. The first-order valence-corrected chi connectivity index (χ1v) is 11.9. The van der Waals surface area contributed by atoms with E-state index in [1.807, 2.05) is 98.1 Å². The summed E-state index contributed by atoms with van der Waals surface area (Å²) in [5, 5.41) is 7.93. The first-order valence-electron chi connectivity index (χ1n) is 11.1. The first kappa shape index (κ1) is 23.2. The van der Waals surface area contributed by atoms with Crippen LogP contribution in [0.25, 0.3) is 6.08 Å². The fourth-order valence-corrected chi connectivity index (χ4v) is 4.42. The number of carbonyl (C=O) groups is 2. The van der Waals surface area contributed by atoms with Crippen molar-refractivity contribution in [2.75, 3.05) is 0 Å². The van der Waals surface area contributed by atoms with Crippen molar-refractivity contribution >= 4 is 29.2 Å². The summed E-state index contributed by atoms with van der Waals surface area (Å²) in [5.41, 5.74) is 4.72. The molecular formula is C29H26N2O2S. The number of aryl methyl sites for hydroxylation is 2. The second-order valence-electron chi connectivity index (χ2n) is 8.07. The molecule has 4 nitrogen and oxygen atoms in total. The van der Waals surface area contributed by atoms with Gasteiger partial charge in [-0.25, -0.2) is 0 Å². The van der Waals surface area contributed by atoms with Gasteiger partial charge in [0.05, 0.1) is 6.04 Å². The smallest absolute Gasteiger partial charge is 0.268 e. The lowest BCUT2D eigenvalue weighted by atomic mass is 9.95. The first-order chi connectivity index (χ1) is 16.5. The summed E-state index contributed by atoms with van der Waals surface area (Å²) in [4.78, 5) is 27.5. The maximum absolute atomic E-state index is 13.6. The SMILES string of the molecule is Cc1cccc(C(=O)N/C(=C\c2cccs2)C(=O)N[C@@H](c2ccccc2)c2ccccc2C)c1. The van der Waals surface area contributed by atoms with E-state index >= 15 is 0 Å². The summed E-state index contributed by atoms with van der Waals surface area (Å²) in [7, 11) is 0. The van der Waals surface area contributed by atoms with Gasteiger partial charge in [-0.05, 0) is 60.2 Å². The summed E-state index contributed by atoms with van der Waals surface area (Å²) in [6.45, 7) is 3.96. The van der Waals surface area contributed by atoms with E-state index in [0.717, 1.165) is 27.1 Å². The highest BCUT2D eigenvalue weighted by molar-refractivity contribution is 7.10. The van der Waals surface area contributed by atoms with Crippen molar-refractivity contribution in [2.45, 2.75) is 19.9 Å². The lowest BCUT2D eigenvalue weighted by Crippen LogP contribution is -2.37. The molecule has 5 heteroatoms. The zero-order valence-corrected chi connectivity index (χ0v) is 19.9. The molecule has 0 aliphatic carbocycles. The number of benzene rings is 3. The standard InChI is InChI=1S/C29H26N2O2S/c1-20-10-8-14-23(18-20)28(32)30-26(19-24-15-9-17-34-24)29(33)31-27(22-12-4-3-5-13-22)25-16-7-6-11-21(25)2/h3-19,27H,1-2H3,(H,30,32)(H,31,33)/b26-19-/t27-/m0/s1. The third-order valence-corrected chi connectivity index (χ3v) is 6.33. The van der Waals surface area contributed by atoms with Gasteiger partial charge < -0.3 is 10.6 Å². The Balaban J connectivity index is 1.67. The van der Waals surface area contributed by atoms with Crippen LogP contribution in [-0.4, -0.2) is 11.8 Å². The monoisotopic (exact) mass is 466 g/mol. The van der Waals surface area contributed by atoms with Gasteiger partial charge in [-0.1, -0.05) is 78.4 Å². The number of thiophene rings is 1. The fourth-order valence-electron chi connectivity index (χ4n) is 3.76. The molecular weight excluding hydrogens is 440 g/mol. The van der Waals surface area contributed by atoms with Crippen LogP contribution in [0, 0.1) is 13.8 Å². The van der Waals surface area contributed by atoms with E-state index in [1.165, 1.54) is 11.3 Å². The number of rotatable bonds is 7. The van der Waals surface area contributed by atoms with Crippen molar-refractivity contribution in [3.8, 4) is 0 Å². The van der Waals surface area contributed by atoms with Crippen LogP contribution >= 0.6 is 11.3 Å². The maximum Gasteiger partial charge on any atom is 0.268 e. The van der Waals surface area contributed by atoms with Crippen LogP contribution in [0.15, 0.2) is 102 Å². The van der Waals surface area contributed by atoms with Crippen LogP contribution in [0.2, 0.25) is 0 Å². The van der Waals surface area contributed by atoms with Gasteiger partial charge in [0, 0.05) is 10.4 Å². The van der Waals surface area contributed by atoms with Gasteiger partial charge in [0.15, 0.2) is 0 Å². The third-order valence-electron chi connectivity index (χ3n) is 5.51. The number of carbonyl (C=O) groups excluding carboxylic acids is 2. The minimum Gasteiger partial charge on any atom is -0.340 e. The highest BCUT2D eigenvalue weighted by Crippen LogP contribution is 2.25. The number of hydrogen-bond donors (Lipinski definition) is 2. The summed E-state index contributed by atoms with van der Waals surface area (Å²) in [6, 6.07) is 28.6. The average molecular weight is 467 g/mol. The molecule has 4 rings (SSSR count). The molecule has 34 heavy (non-hydrogen) atoms. The Bertz CT molecular complexity index is 1310. The summed E-state index contributed by atoms with van der Waals surface area (Å²) < 4.78 is 0.